The molecular weight excluding hydrogens is 198 g/mol. The molecule has 0 amide bonds. The molecule has 1 aromatic heterocycles. The fraction of sp³-hybridized carbons (Fsp3) is 0.308. The molecule has 0 aliphatic carbocycles. The summed E-state index contributed by atoms with van der Waals surface area (Å²) < 4.78 is 1.84. The largest absolute Gasteiger partial charge is 0.384 e. The molecule has 2 aromatic rings. The molecule has 2 N–H and O–H groups in total. The van der Waals surface area contributed by atoms with Crippen LogP contribution in [0.4, 0.5) is 5.82 Å². The van der Waals surface area contributed by atoms with Crippen molar-refractivity contribution in [2.75, 3.05) is 5.73 Å². The summed E-state index contributed by atoms with van der Waals surface area (Å²) in [6.07, 6.45) is 1.73. The number of hydrogen-bond donors (Lipinski definition) is 1. The first-order valence-electron chi connectivity index (χ1n) is 5.45. The van der Waals surface area contributed by atoms with Crippen molar-refractivity contribution in [3.63, 3.8) is 0 Å². The van der Waals surface area contributed by atoms with E-state index in [-0.39, 0.29) is 6.04 Å². The Morgan fingerprint density at radius 2 is 2.00 bits per heavy atom. The standard InChI is InChI=1S/C13H17N3/c1-9-4-5-12(10(2)8-9)11(3)16-13(14)6-7-15-16/h4-8,11H,14H2,1-3H3. The van der Waals surface area contributed by atoms with E-state index in [9.17, 15) is 0 Å². The Bertz CT molecular complexity index is 500. The van der Waals surface area contributed by atoms with E-state index in [4.69, 9.17) is 5.73 Å². The quantitative estimate of drug-likeness (QED) is 0.837. The lowest BCUT2D eigenvalue weighted by Gasteiger charge is -2.17. The maximum atomic E-state index is 5.86. The van der Waals surface area contributed by atoms with Crippen LogP contribution in [0.5, 0.6) is 0 Å². The van der Waals surface area contributed by atoms with Crippen molar-refractivity contribution in [3.05, 3.63) is 47.2 Å². The van der Waals surface area contributed by atoms with Gasteiger partial charge in [-0.2, -0.15) is 5.10 Å². The van der Waals surface area contributed by atoms with Gasteiger partial charge in [-0.3, -0.25) is 0 Å². The highest BCUT2D eigenvalue weighted by atomic mass is 15.3. The molecule has 0 radical (unpaired) electrons. The second-order valence-corrected chi connectivity index (χ2v) is 4.24. The number of aromatic nitrogens is 2. The molecule has 0 saturated carbocycles. The van der Waals surface area contributed by atoms with Gasteiger partial charge in [0, 0.05) is 0 Å². The lowest BCUT2D eigenvalue weighted by molar-refractivity contribution is 0.570. The van der Waals surface area contributed by atoms with Crippen molar-refractivity contribution in [1.82, 2.24) is 9.78 Å². The molecule has 0 spiro atoms. The number of aryl methyl sites for hydroxylation is 2. The Morgan fingerprint density at radius 1 is 1.25 bits per heavy atom. The van der Waals surface area contributed by atoms with Crippen LogP contribution in [0.1, 0.15) is 29.7 Å². The van der Waals surface area contributed by atoms with Gasteiger partial charge in [-0.05, 0) is 38.0 Å². The van der Waals surface area contributed by atoms with Crippen LogP contribution in [-0.2, 0) is 0 Å². The van der Waals surface area contributed by atoms with Gasteiger partial charge in [-0.15, -0.1) is 0 Å². The lowest BCUT2D eigenvalue weighted by Crippen LogP contribution is -2.12. The van der Waals surface area contributed by atoms with E-state index in [1.54, 1.807) is 6.20 Å². The van der Waals surface area contributed by atoms with E-state index in [1.165, 1.54) is 16.7 Å². The maximum Gasteiger partial charge on any atom is 0.122 e. The van der Waals surface area contributed by atoms with Crippen LogP contribution in [0, 0.1) is 13.8 Å². The van der Waals surface area contributed by atoms with Crippen LogP contribution < -0.4 is 5.73 Å². The van der Waals surface area contributed by atoms with Gasteiger partial charge < -0.3 is 5.73 Å². The van der Waals surface area contributed by atoms with Crippen molar-refractivity contribution in [1.29, 1.82) is 0 Å². The van der Waals surface area contributed by atoms with Gasteiger partial charge in [0.15, 0.2) is 0 Å². The zero-order valence-electron chi connectivity index (χ0n) is 9.94. The molecule has 3 nitrogen and oxygen atoms in total. The molecule has 0 fully saturated rings. The van der Waals surface area contributed by atoms with Crippen molar-refractivity contribution in [2.24, 2.45) is 0 Å². The average Bonchev–Trinajstić information content (AvgIpc) is 2.63. The van der Waals surface area contributed by atoms with Gasteiger partial charge in [0.25, 0.3) is 0 Å². The third kappa shape index (κ3) is 1.81. The fourth-order valence-corrected chi connectivity index (χ4v) is 2.07. The van der Waals surface area contributed by atoms with Gasteiger partial charge in [0.1, 0.15) is 5.82 Å². The van der Waals surface area contributed by atoms with Crippen molar-refractivity contribution < 1.29 is 0 Å². The SMILES string of the molecule is Cc1ccc(C(C)n2nccc2N)c(C)c1. The summed E-state index contributed by atoms with van der Waals surface area (Å²) in [5.74, 6) is 0.701. The summed E-state index contributed by atoms with van der Waals surface area (Å²) in [4.78, 5) is 0. The molecule has 0 saturated heterocycles. The maximum absolute atomic E-state index is 5.86. The van der Waals surface area contributed by atoms with Crippen LogP contribution in [-0.4, -0.2) is 9.78 Å². The fourth-order valence-electron chi connectivity index (χ4n) is 2.07. The molecule has 1 atom stereocenters. The first-order chi connectivity index (χ1) is 7.59. The smallest absolute Gasteiger partial charge is 0.122 e. The van der Waals surface area contributed by atoms with Crippen LogP contribution in [0.2, 0.25) is 0 Å². The molecule has 84 valence electrons. The Balaban J connectivity index is 2.41. The molecule has 1 aromatic carbocycles. The Kier molecular flexibility index (Phi) is 2.69. The molecule has 2 rings (SSSR count). The van der Waals surface area contributed by atoms with Crippen LogP contribution in [0.3, 0.4) is 0 Å². The average molecular weight is 215 g/mol. The second-order valence-electron chi connectivity index (χ2n) is 4.24. The van der Waals surface area contributed by atoms with E-state index in [2.05, 4.69) is 44.1 Å². The number of benzene rings is 1. The normalized spacial score (nSPS) is 12.7. The van der Waals surface area contributed by atoms with Gasteiger partial charge in [0.2, 0.25) is 0 Å². The lowest BCUT2D eigenvalue weighted by atomic mass is 10.0. The van der Waals surface area contributed by atoms with Gasteiger partial charge in [0.05, 0.1) is 12.2 Å². The molecule has 1 heterocycles. The van der Waals surface area contributed by atoms with E-state index in [0.717, 1.165) is 0 Å². The molecule has 16 heavy (non-hydrogen) atoms. The summed E-state index contributed by atoms with van der Waals surface area (Å²) >= 11 is 0. The molecule has 0 aliphatic heterocycles. The van der Waals surface area contributed by atoms with Crippen molar-refractivity contribution in [3.8, 4) is 0 Å². The topological polar surface area (TPSA) is 43.8 Å². The highest BCUT2D eigenvalue weighted by Crippen LogP contribution is 2.23. The van der Waals surface area contributed by atoms with Crippen LogP contribution in [0.25, 0.3) is 0 Å². The highest BCUT2D eigenvalue weighted by Gasteiger charge is 2.12. The minimum atomic E-state index is 0.176. The zero-order chi connectivity index (χ0) is 11.7. The van der Waals surface area contributed by atoms with E-state index >= 15 is 0 Å². The predicted octanol–water partition coefficient (Wildman–Crippen LogP) is 2.69. The Hall–Kier alpha value is -1.77. The minimum Gasteiger partial charge on any atom is -0.384 e. The Labute approximate surface area is 95.9 Å². The number of hydrogen-bond acceptors (Lipinski definition) is 2. The highest BCUT2D eigenvalue weighted by molar-refractivity contribution is 5.35. The molecule has 0 bridgehead atoms. The first kappa shape index (κ1) is 10.7. The third-order valence-electron chi connectivity index (χ3n) is 2.94. The number of nitrogen functional groups attached to an aromatic ring is 1. The van der Waals surface area contributed by atoms with Crippen LogP contribution in [0.15, 0.2) is 30.5 Å². The summed E-state index contributed by atoms with van der Waals surface area (Å²) in [5, 5.41) is 4.25. The van der Waals surface area contributed by atoms with Crippen LogP contribution >= 0.6 is 0 Å². The minimum absolute atomic E-state index is 0.176. The van der Waals surface area contributed by atoms with E-state index in [1.807, 2.05) is 10.7 Å². The van der Waals surface area contributed by atoms with Crippen molar-refractivity contribution in [2.45, 2.75) is 26.8 Å². The number of nitrogens with two attached hydrogens (primary N) is 1. The molecular formula is C13H17N3. The number of nitrogens with zero attached hydrogens (tertiary/aromatic N) is 2. The summed E-state index contributed by atoms with van der Waals surface area (Å²) in [7, 11) is 0. The van der Waals surface area contributed by atoms with E-state index in [0.29, 0.717) is 5.82 Å². The molecule has 1 unspecified atom stereocenters. The third-order valence-corrected chi connectivity index (χ3v) is 2.94. The molecule has 3 heteroatoms. The van der Waals surface area contributed by atoms with Crippen molar-refractivity contribution >= 4 is 5.82 Å². The zero-order valence-corrected chi connectivity index (χ0v) is 9.94. The van der Waals surface area contributed by atoms with E-state index < -0.39 is 0 Å². The predicted molar refractivity (Wildman–Crippen MR) is 66.4 cm³/mol. The monoisotopic (exact) mass is 215 g/mol. The first-order valence-corrected chi connectivity index (χ1v) is 5.45. The number of anilines is 1. The van der Waals surface area contributed by atoms with Gasteiger partial charge in [-0.1, -0.05) is 23.8 Å². The van der Waals surface area contributed by atoms with Gasteiger partial charge >= 0.3 is 0 Å². The molecule has 0 aliphatic rings. The number of rotatable bonds is 2. The summed E-state index contributed by atoms with van der Waals surface area (Å²) in [6.45, 7) is 6.34. The summed E-state index contributed by atoms with van der Waals surface area (Å²) in [6, 6.07) is 8.45. The Morgan fingerprint density at radius 3 is 2.56 bits per heavy atom. The van der Waals surface area contributed by atoms with Gasteiger partial charge in [-0.25, -0.2) is 4.68 Å². The second kappa shape index (κ2) is 4.00. The summed E-state index contributed by atoms with van der Waals surface area (Å²) in [5.41, 5.74) is 9.68.